The van der Waals surface area contributed by atoms with Gasteiger partial charge in [0, 0.05) is 27.8 Å². The van der Waals surface area contributed by atoms with Gasteiger partial charge in [0.15, 0.2) is 0 Å². The Morgan fingerprint density at radius 1 is 1.19 bits per heavy atom. The molecule has 2 rings (SSSR count). The highest BCUT2D eigenvalue weighted by molar-refractivity contribution is 6.33. The molecule has 5 heteroatoms. The summed E-state index contributed by atoms with van der Waals surface area (Å²) in [7, 11) is 1.64. The van der Waals surface area contributed by atoms with Crippen molar-refractivity contribution in [3.8, 4) is 5.75 Å². The molecule has 0 amide bonds. The Bertz CT molecular complexity index is 632. The van der Waals surface area contributed by atoms with Gasteiger partial charge < -0.3 is 15.2 Å². The highest BCUT2D eigenvalue weighted by Gasteiger charge is 2.12. The maximum absolute atomic E-state index is 10.2. The summed E-state index contributed by atoms with van der Waals surface area (Å²) >= 11 is 12.0. The summed E-state index contributed by atoms with van der Waals surface area (Å²) in [5, 5.41) is 14.5. The normalized spacial score (nSPS) is 12.0. The van der Waals surface area contributed by atoms with Crippen LogP contribution in [-0.4, -0.2) is 18.8 Å². The van der Waals surface area contributed by atoms with Crippen LogP contribution in [0.2, 0.25) is 10.0 Å². The average molecular weight is 326 g/mol. The molecule has 0 heterocycles. The molecule has 0 saturated carbocycles. The number of methoxy groups -OCH3 is 1. The molecule has 0 aromatic heterocycles. The number of anilines is 1. The van der Waals surface area contributed by atoms with E-state index >= 15 is 0 Å². The third-order valence-electron chi connectivity index (χ3n) is 3.21. The van der Waals surface area contributed by atoms with E-state index < -0.39 is 6.10 Å². The number of aryl methyl sites for hydroxylation is 1. The minimum Gasteiger partial charge on any atom is -0.496 e. The smallest absolute Gasteiger partial charge is 0.121 e. The quantitative estimate of drug-likeness (QED) is 0.852. The summed E-state index contributed by atoms with van der Waals surface area (Å²) in [5.41, 5.74) is 2.55. The summed E-state index contributed by atoms with van der Waals surface area (Å²) in [6, 6.07) is 10.8. The van der Waals surface area contributed by atoms with Gasteiger partial charge in [-0.1, -0.05) is 23.2 Å². The standard InChI is InChI=1S/C16H17Cl2NO2/c1-10-7-12(4-6-16(10)21-2)19-9-15(20)13-8-11(17)3-5-14(13)18/h3-8,15,19-20H,9H2,1-2H3. The van der Waals surface area contributed by atoms with Crippen molar-refractivity contribution in [1.29, 1.82) is 0 Å². The largest absolute Gasteiger partial charge is 0.496 e. The number of benzene rings is 2. The molecule has 2 aromatic rings. The van der Waals surface area contributed by atoms with E-state index in [4.69, 9.17) is 27.9 Å². The van der Waals surface area contributed by atoms with Crippen LogP contribution < -0.4 is 10.1 Å². The Kier molecular flexibility index (Phi) is 5.34. The first-order valence-electron chi connectivity index (χ1n) is 6.53. The molecule has 2 N–H and O–H groups in total. The highest BCUT2D eigenvalue weighted by atomic mass is 35.5. The third-order valence-corrected chi connectivity index (χ3v) is 3.79. The minimum atomic E-state index is -0.737. The Labute approximate surface area is 134 Å². The predicted octanol–water partition coefficient (Wildman–Crippen LogP) is 4.46. The Balaban J connectivity index is 2.05. The lowest BCUT2D eigenvalue weighted by Gasteiger charge is -2.15. The SMILES string of the molecule is COc1ccc(NCC(O)c2cc(Cl)ccc2Cl)cc1C. The van der Waals surface area contributed by atoms with Crippen LogP contribution in [-0.2, 0) is 0 Å². The molecule has 3 nitrogen and oxygen atoms in total. The molecule has 112 valence electrons. The second-order valence-corrected chi connectivity index (χ2v) is 5.59. The van der Waals surface area contributed by atoms with Crippen LogP contribution >= 0.6 is 23.2 Å². The lowest BCUT2D eigenvalue weighted by Crippen LogP contribution is -2.12. The first kappa shape index (κ1) is 16.0. The van der Waals surface area contributed by atoms with Gasteiger partial charge in [0.25, 0.3) is 0 Å². The Morgan fingerprint density at radius 3 is 2.62 bits per heavy atom. The van der Waals surface area contributed by atoms with E-state index in [2.05, 4.69) is 5.32 Å². The molecule has 0 aliphatic rings. The Morgan fingerprint density at radius 2 is 1.95 bits per heavy atom. The summed E-state index contributed by atoms with van der Waals surface area (Å²) < 4.78 is 5.21. The number of ether oxygens (including phenoxy) is 1. The maximum Gasteiger partial charge on any atom is 0.121 e. The lowest BCUT2D eigenvalue weighted by atomic mass is 10.1. The molecular weight excluding hydrogens is 309 g/mol. The van der Waals surface area contributed by atoms with Crippen molar-refractivity contribution < 1.29 is 9.84 Å². The van der Waals surface area contributed by atoms with Gasteiger partial charge in [-0.2, -0.15) is 0 Å². The van der Waals surface area contributed by atoms with Crippen molar-refractivity contribution in [2.45, 2.75) is 13.0 Å². The average Bonchev–Trinajstić information content (AvgIpc) is 2.47. The van der Waals surface area contributed by atoms with Crippen molar-refractivity contribution in [3.05, 3.63) is 57.6 Å². The van der Waals surface area contributed by atoms with Crippen LogP contribution in [0.1, 0.15) is 17.2 Å². The zero-order valence-corrected chi connectivity index (χ0v) is 13.4. The zero-order chi connectivity index (χ0) is 15.4. The van der Waals surface area contributed by atoms with Gasteiger partial charge in [-0.3, -0.25) is 0 Å². The van der Waals surface area contributed by atoms with Crippen LogP contribution in [0.3, 0.4) is 0 Å². The fourth-order valence-electron chi connectivity index (χ4n) is 2.08. The van der Waals surface area contributed by atoms with Crippen molar-refractivity contribution in [1.82, 2.24) is 0 Å². The molecule has 0 fully saturated rings. The minimum absolute atomic E-state index is 0.339. The molecule has 2 aromatic carbocycles. The monoisotopic (exact) mass is 325 g/mol. The van der Waals surface area contributed by atoms with E-state index in [9.17, 15) is 5.11 Å². The van der Waals surface area contributed by atoms with Crippen LogP contribution in [0.5, 0.6) is 5.75 Å². The number of halogens is 2. The van der Waals surface area contributed by atoms with E-state index in [1.807, 2.05) is 25.1 Å². The number of nitrogens with one attached hydrogen (secondary N) is 1. The molecule has 0 bridgehead atoms. The molecule has 0 spiro atoms. The second kappa shape index (κ2) is 7.03. The Hall–Kier alpha value is -1.42. The number of hydrogen-bond acceptors (Lipinski definition) is 3. The predicted molar refractivity (Wildman–Crippen MR) is 87.6 cm³/mol. The molecule has 0 aliphatic heterocycles. The first-order valence-corrected chi connectivity index (χ1v) is 7.28. The fourth-order valence-corrected chi connectivity index (χ4v) is 2.51. The van der Waals surface area contributed by atoms with Crippen LogP contribution in [0.4, 0.5) is 5.69 Å². The number of rotatable bonds is 5. The summed E-state index contributed by atoms with van der Waals surface area (Å²) in [5.74, 6) is 0.832. The molecule has 1 unspecified atom stereocenters. The van der Waals surface area contributed by atoms with Gasteiger partial charge in [-0.25, -0.2) is 0 Å². The highest BCUT2D eigenvalue weighted by Crippen LogP contribution is 2.27. The summed E-state index contributed by atoms with van der Waals surface area (Å²) in [6.07, 6.45) is -0.737. The van der Waals surface area contributed by atoms with Gasteiger partial charge in [0.2, 0.25) is 0 Å². The maximum atomic E-state index is 10.2. The summed E-state index contributed by atoms with van der Waals surface area (Å²) in [6.45, 7) is 2.31. The van der Waals surface area contributed by atoms with Crippen LogP contribution in [0, 0.1) is 6.92 Å². The van der Waals surface area contributed by atoms with E-state index in [0.717, 1.165) is 17.0 Å². The molecule has 1 atom stereocenters. The van der Waals surface area contributed by atoms with Gasteiger partial charge in [0.05, 0.1) is 13.2 Å². The third kappa shape index (κ3) is 4.03. The van der Waals surface area contributed by atoms with Gasteiger partial charge in [-0.05, 0) is 48.9 Å². The molecule has 21 heavy (non-hydrogen) atoms. The number of aliphatic hydroxyl groups is 1. The molecule has 0 saturated heterocycles. The van der Waals surface area contributed by atoms with E-state index in [0.29, 0.717) is 22.2 Å². The van der Waals surface area contributed by atoms with Crippen LogP contribution in [0.25, 0.3) is 0 Å². The second-order valence-electron chi connectivity index (χ2n) is 4.75. The topological polar surface area (TPSA) is 41.5 Å². The fraction of sp³-hybridized carbons (Fsp3) is 0.250. The van der Waals surface area contributed by atoms with E-state index in [1.165, 1.54) is 0 Å². The molecular formula is C16H17Cl2NO2. The number of aliphatic hydroxyl groups excluding tert-OH is 1. The lowest BCUT2D eigenvalue weighted by molar-refractivity contribution is 0.192. The molecule has 0 radical (unpaired) electrons. The summed E-state index contributed by atoms with van der Waals surface area (Å²) in [4.78, 5) is 0. The van der Waals surface area contributed by atoms with Gasteiger partial charge in [0.1, 0.15) is 5.75 Å². The van der Waals surface area contributed by atoms with Crippen molar-refractivity contribution in [2.24, 2.45) is 0 Å². The zero-order valence-electron chi connectivity index (χ0n) is 11.9. The van der Waals surface area contributed by atoms with Crippen molar-refractivity contribution in [3.63, 3.8) is 0 Å². The van der Waals surface area contributed by atoms with Crippen LogP contribution in [0.15, 0.2) is 36.4 Å². The first-order chi connectivity index (χ1) is 10.0. The van der Waals surface area contributed by atoms with Crippen molar-refractivity contribution >= 4 is 28.9 Å². The molecule has 0 aliphatic carbocycles. The van der Waals surface area contributed by atoms with E-state index in [1.54, 1.807) is 25.3 Å². The van der Waals surface area contributed by atoms with E-state index in [-0.39, 0.29) is 0 Å². The van der Waals surface area contributed by atoms with Crippen molar-refractivity contribution in [2.75, 3.05) is 19.0 Å². The van der Waals surface area contributed by atoms with Gasteiger partial charge in [-0.15, -0.1) is 0 Å². The number of hydrogen-bond donors (Lipinski definition) is 2. The van der Waals surface area contributed by atoms with Gasteiger partial charge >= 0.3 is 0 Å².